The summed E-state index contributed by atoms with van der Waals surface area (Å²) < 4.78 is 126. The minimum absolute atomic E-state index is 0. The summed E-state index contributed by atoms with van der Waals surface area (Å²) in [5, 5.41) is 78.4. The Bertz CT molecular complexity index is 1670. The summed E-state index contributed by atoms with van der Waals surface area (Å²) in [6, 6.07) is -4.16. The van der Waals surface area contributed by atoms with Crippen molar-refractivity contribution in [3.63, 3.8) is 0 Å². The van der Waals surface area contributed by atoms with Crippen molar-refractivity contribution in [2.45, 2.75) is 178 Å². The molecule has 8 N–H and O–H groups in total. The first-order chi connectivity index (χ1) is 33.4. The van der Waals surface area contributed by atoms with Gasteiger partial charge in [-0.15, -0.1) is 25.7 Å². The third-order valence-electron chi connectivity index (χ3n) is 11.7. The molecule has 8 rings (SSSR count). The number of rotatable bonds is 12. The maximum atomic E-state index is 11.8. The van der Waals surface area contributed by atoms with Crippen LogP contribution in [0.3, 0.4) is 0 Å². The Morgan fingerprint density at radius 2 is 0.548 bits per heavy atom. The molecule has 20 atom stereocenters. The Labute approximate surface area is 576 Å². The summed E-state index contributed by atoms with van der Waals surface area (Å²) in [6.45, 7) is 10.7. The fraction of sp³-hybridized carbons (Fsp3) is 0.900. The summed E-state index contributed by atoms with van der Waals surface area (Å²) in [6.07, 6.45) is -6.45. The van der Waals surface area contributed by atoms with Crippen molar-refractivity contribution < 1.29 is 207 Å². The number of hydrogen-bond donors (Lipinski definition) is 8. The number of hydrogen-bond acceptors (Lipinski definition) is 28. The third kappa shape index (κ3) is 28.3. The molecule has 84 heavy (non-hydrogen) atoms. The first-order valence-corrected chi connectivity index (χ1v) is 28.1. The van der Waals surface area contributed by atoms with E-state index in [1.807, 2.05) is 0 Å². The van der Waals surface area contributed by atoms with Crippen LogP contribution in [0, 0.1) is 26.4 Å². The fourth-order valence-corrected chi connectivity index (χ4v) is 11.4. The average Bonchev–Trinajstić information content (AvgIpc) is 3.84. The quantitative estimate of drug-likeness (QED) is 0.0785. The van der Waals surface area contributed by atoms with E-state index in [9.17, 15) is 59.1 Å². The van der Waals surface area contributed by atoms with Gasteiger partial charge in [0.15, 0.2) is 0 Å². The molecule has 8 saturated heterocycles. The standard InChI is InChI=1S/4C9H15BO7P.4CH4.4H2S.4V/c4*1-9(12)7(11)6(17-8(9)10)5-16-18(13)14-3-2-4-15-18;;;;;;;;;;;;/h4*3,6-8,11-12H,2,4-5H2,1H3;4*1H4;4*1H2;;;;/q4*-1;;;;;;;;;;;;/t2*6-,7-,8-,9-,18+;2*6-,7-,8-,9-,18-;;;;;;;;;;;;/m1111............/s1. The molecule has 8 aliphatic rings. The van der Waals surface area contributed by atoms with Crippen LogP contribution < -0.4 is 0 Å². The van der Waals surface area contributed by atoms with E-state index < -0.39 is 127 Å². The summed E-state index contributed by atoms with van der Waals surface area (Å²) in [5.41, 5.74) is -6.32. The second-order valence-corrected chi connectivity index (χ2v) is 24.1. The van der Waals surface area contributed by atoms with Crippen molar-refractivity contribution in [3.8, 4) is 0 Å². The molecule has 0 bridgehead atoms. The van der Waals surface area contributed by atoms with Gasteiger partial charge in [0.05, 0.1) is 26.4 Å². The second kappa shape index (κ2) is 44.6. The minimum Gasteiger partial charge on any atom is -0.464 e. The largest absolute Gasteiger partial charge is 0.464 e. The van der Waals surface area contributed by atoms with Crippen molar-refractivity contribution in [1.29, 1.82) is 0 Å². The molecular formula is C40H84B4O28P4S4V4-4. The van der Waals surface area contributed by atoms with Crippen LogP contribution in [0.25, 0.3) is 0 Å². The molecule has 492 valence electrons. The van der Waals surface area contributed by atoms with Gasteiger partial charge in [-0.2, -0.15) is 80.4 Å². The number of ether oxygens (including phenoxy) is 4. The van der Waals surface area contributed by atoms with Gasteiger partial charge >= 0.3 is 31.3 Å². The van der Waals surface area contributed by atoms with Gasteiger partial charge in [0.2, 0.25) is 0 Å². The fourth-order valence-electron chi connectivity index (χ4n) is 6.78. The van der Waals surface area contributed by atoms with Gasteiger partial charge in [0, 0.05) is 125 Å². The van der Waals surface area contributed by atoms with Gasteiger partial charge in [-0.3, -0.25) is 36.2 Å². The van der Waals surface area contributed by atoms with Crippen molar-refractivity contribution in [1.82, 2.24) is 0 Å². The van der Waals surface area contributed by atoms with Gasteiger partial charge in [-0.05, 0) is 27.7 Å². The van der Waals surface area contributed by atoms with Crippen LogP contribution in [0.15, 0.2) is 0 Å². The van der Waals surface area contributed by atoms with Crippen molar-refractivity contribution in [3.05, 3.63) is 26.4 Å². The van der Waals surface area contributed by atoms with E-state index in [0.29, 0.717) is 25.7 Å². The molecule has 0 aromatic rings. The maximum Gasteiger partial charge on any atom is 0.444 e. The van der Waals surface area contributed by atoms with Crippen LogP contribution in [0.2, 0.25) is 0 Å². The van der Waals surface area contributed by atoms with Crippen molar-refractivity contribution >= 4 is 117 Å². The molecule has 12 radical (unpaired) electrons. The maximum absolute atomic E-state index is 11.8. The van der Waals surface area contributed by atoms with Gasteiger partial charge in [-0.25, -0.2) is 18.3 Å². The zero-order valence-electron chi connectivity index (χ0n) is 43.4. The van der Waals surface area contributed by atoms with Crippen LogP contribution in [0.4, 0.5) is 0 Å². The van der Waals surface area contributed by atoms with E-state index in [1.165, 1.54) is 54.1 Å². The number of aliphatic hydroxyl groups excluding tert-OH is 4. The normalized spacial score (nSPS) is 42.3. The molecule has 8 aliphatic heterocycles. The summed E-state index contributed by atoms with van der Waals surface area (Å²) in [5.74, 6) is 0. The van der Waals surface area contributed by atoms with Crippen LogP contribution >= 0.6 is 85.3 Å². The zero-order valence-corrected chi connectivity index (χ0v) is 56.5. The monoisotopic (exact) mass is 1510 g/mol. The topological polar surface area (TPSA) is 378 Å². The molecule has 0 unspecified atom stereocenters. The Morgan fingerprint density at radius 1 is 0.393 bits per heavy atom. The summed E-state index contributed by atoms with van der Waals surface area (Å²) >= 11 is 0. The second-order valence-electron chi connectivity index (χ2n) is 17.6. The van der Waals surface area contributed by atoms with Crippen LogP contribution in [0.5, 0.6) is 0 Å². The van der Waals surface area contributed by atoms with Crippen molar-refractivity contribution in [2.24, 2.45) is 0 Å². The van der Waals surface area contributed by atoms with Crippen molar-refractivity contribution in [2.75, 3.05) is 52.9 Å². The molecular weight excluding hydrogens is 1430 g/mol. The molecule has 8 heterocycles. The number of phosphoric acid groups is 4. The first kappa shape index (κ1) is 104. The van der Waals surface area contributed by atoms with Crippen LogP contribution in [0.1, 0.15) is 83.1 Å². The van der Waals surface area contributed by atoms with Gasteiger partial charge in [-0.1, -0.05) is 29.7 Å². The molecule has 0 saturated carbocycles. The van der Waals surface area contributed by atoms with Gasteiger partial charge in [0.1, 0.15) is 103 Å². The SMILES string of the molecule is C.C.C.C.S.S.S.S.[B][C@@H]1O[C@H](CO[P@@]2(=O)O[CH-]CCO2)[C@@H](O)[C@@]1(C)O.[B][C@@H]1O[C@H](CO[P@@]2(=O)O[CH-]CCO2)[C@@H](O)[C@@]1(C)O.[B][C@@H]1O[C@H](CO[P@]2(=O)O[CH-]CCO2)[C@@H](O)[C@@]1(C)O.[B][C@@H]1O[C@H](CO[P@]2(=O)O[CH-]CCO2)[C@@H](O)[C@@]1(C)O.[V].[V].[V].[V]. The average molecular weight is 1510 g/mol. The van der Waals surface area contributed by atoms with E-state index in [1.54, 1.807) is 0 Å². The van der Waals surface area contributed by atoms with Gasteiger partial charge in [0.25, 0.3) is 0 Å². The molecule has 0 aromatic heterocycles. The van der Waals surface area contributed by atoms with E-state index in [0.717, 1.165) is 0 Å². The molecule has 0 amide bonds. The predicted octanol–water partition coefficient (Wildman–Crippen LogP) is 1.85. The van der Waals surface area contributed by atoms with Crippen LogP contribution in [-0.4, -0.2) is 220 Å². The zero-order chi connectivity index (χ0) is 53.6. The number of phosphoric ester groups is 4. The Balaban J connectivity index is -0.000000146. The molecule has 0 aromatic carbocycles. The Hall–Kier alpha value is 3.96. The van der Waals surface area contributed by atoms with E-state index >= 15 is 0 Å². The Kier molecular flexibility index (Phi) is 55.3. The first-order valence-electron chi connectivity index (χ1n) is 22.2. The number of aliphatic hydroxyl groups is 8. The third-order valence-corrected chi connectivity index (χ3v) is 17.2. The molecule has 28 nitrogen and oxygen atoms in total. The smallest absolute Gasteiger partial charge is 0.444 e. The van der Waals surface area contributed by atoms with E-state index in [4.69, 9.17) is 105 Å². The Morgan fingerprint density at radius 3 is 0.655 bits per heavy atom. The summed E-state index contributed by atoms with van der Waals surface area (Å²) in [4.78, 5) is 0. The minimum atomic E-state index is -3.62. The van der Waals surface area contributed by atoms with Crippen LogP contribution in [-0.2, 0) is 166 Å². The van der Waals surface area contributed by atoms with E-state index in [-0.39, 0.29) is 211 Å². The summed E-state index contributed by atoms with van der Waals surface area (Å²) in [7, 11) is 7.55. The molecule has 0 spiro atoms. The predicted molar refractivity (Wildman–Crippen MR) is 311 cm³/mol. The molecule has 0 aliphatic carbocycles. The van der Waals surface area contributed by atoms with E-state index in [2.05, 4.69) is 0 Å². The van der Waals surface area contributed by atoms with Gasteiger partial charge < -0.3 is 77.9 Å². The molecule has 8 fully saturated rings. The molecule has 44 heteroatoms.